The number of hydrogen-bond donors (Lipinski definition) is 0. The Morgan fingerprint density at radius 2 is 1.69 bits per heavy atom. The van der Waals surface area contributed by atoms with Crippen LogP contribution in [-0.4, -0.2) is 17.7 Å². The third kappa shape index (κ3) is 5.92. The summed E-state index contributed by atoms with van der Waals surface area (Å²) in [7, 11) is 0. The second kappa shape index (κ2) is 9.71. The highest BCUT2D eigenvalue weighted by Gasteiger charge is 2.35. The van der Waals surface area contributed by atoms with E-state index in [1.165, 1.54) is 0 Å². The molecule has 0 amide bonds. The van der Waals surface area contributed by atoms with Gasteiger partial charge in [-0.3, -0.25) is 0 Å². The van der Waals surface area contributed by atoms with E-state index in [1.807, 2.05) is 36.4 Å². The van der Waals surface area contributed by atoms with Crippen molar-refractivity contribution in [3.8, 4) is 23.8 Å². The summed E-state index contributed by atoms with van der Waals surface area (Å²) in [4.78, 5) is 12.5. The van der Waals surface area contributed by atoms with Gasteiger partial charge >= 0.3 is 5.97 Å². The summed E-state index contributed by atoms with van der Waals surface area (Å²) in [6, 6.07) is 14.6. The number of rotatable bonds is 7. The lowest BCUT2D eigenvalue weighted by molar-refractivity contribution is -0.164. The van der Waals surface area contributed by atoms with Crippen LogP contribution in [0.4, 0.5) is 0 Å². The van der Waals surface area contributed by atoms with Crippen molar-refractivity contribution in [2.75, 3.05) is 0 Å². The van der Waals surface area contributed by atoms with Gasteiger partial charge in [-0.15, -0.1) is 6.42 Å². The largest absolute Gasteiger partial charge is 0.489 e. The molecule has 0 radical (unpaired) electrons. The van der Waals surface area contributed by atoms with Crippen molar-refractivity contribution in [2.45, 2.75) is 57.3 Å². The summed E-state index contributed by atoms with van der Waals surface area (Å²) in [5, 5.41) is 0.670. The minimum absolute atomic E-state index is 0.421. The zero-order valence-corrected chi connectivity index (χ0v) is 17.3. The first-order chi connectivity index (χ1) is 14.0. The maximum atomic E-state index is 12.5. The van der Waals surface area contributed by atoms with Crippen molar-refractivity contribution in [1.29, 1.82) is 0 Å². The van der Waals surface area contributed by atoms with E-state index < -0.39 is 17.7 Å². The molecule has 2 aromatic carbocycles. The Bertz CT molecular complexity index is 846. The van der Waals surface area contributed by atoms with Crippen molar-refractivity contribution in [3.05, 3.63) is 59.1 Å². The van der Waals surface area contributed by atoms with Crippen LogP contribution in [0.3, 0.4) is 0 Å². The van der Waals surface area contributed by atoms with Crippen LogP contribution in [0.1, 0.15) is 44.6 Å². The Morgan fingerprint density at radius 3 is 2.31 bits per heavy atom. The SMILES string of the molecule is C#CC1(OC(=O)C(C)Oc2ccc(COc3ccc(Cl)cc3)cc2)CCCCC1. The van der Waals surface area contributed by atoms with Crippen LogP contribution in [0.5, 0.6) is 11.5 Å². The Labute approximate surface area is 177 Å². The summed E-state index contributed by atoms with van der Waals surface area (Å²) >= 11 is 5.87. The molecule has 0 bridgehead atoms. The number of terminal acetylenes is 1. The number of benzene rings is 2. The molecule has 0 spiro atoms. The molecule has 1 saturated carbocycles. The van der Waals surface area contributed by atoms with Gasteiger partial charge in [-0.05, 0) is 74.6 Å². The minimum Gasteiger partial charge on any atom is -0.489 e. The topological polar surface area (TPSA) is 44.8 Å². The lowest BCUT2D eigenvalue weighted by atomic mass is 9.85. The van der Waals surface area contributed by atoms with E-state index >= 15 is 0 Å². The number of halogens is 1. The molecule has 1 atom stereocenters. The van der Waals surface area contributed by atoms with Gasteiger partial charge in [0.1, 0.15) is 18.1 Å². The quantitative estimate of drug-likeness (QED) is 0.440. The summed E-state index contributed by atoms with van der Waals surface area (Å²) in [5.41, 5.74) is 0.200. The lowest BCUT2D eigenvalue weighted by Gasteiger charge is -2.32. The van der Waals surface area contributed by atoms with Crippen LogP contribution in [-0.2, 0) is 16.1 Å². The number of esters is 1. The molecule has 4 nitrogen and oxygen atoms in total. The second-order valence-electron chi connectivity index (χ2n) is 7.27. The van der Waals surface area contributed by atoms with E-state index in [1.54, 1.807) is 19.1 Å². The van der Waals surface area contributed by atoms with Crippen LogP contribution in [0, 0.1) is 12.3 Å². The Morgan fingerprint density at radius 1 is 1.07 bits per heavy atom. The number of ether oxygens (including phenoxy) is 3. The van der Waals surface area contributed by atoms with Gasteiger partial charge in [0.2, 0.25) is 0 Å². The molecule has 0 aromatic heterocycles. The fraction of sp³-hybridized carbons (Fsp3) is 0.375. The minimum atomic E-state index is -0.782. The first-order valence-electron chi connectivity index (χ1n) is 9.84. The molecule has 152 valence electrons. The van der Waals surface area contributed by atoms with Crippen molar-refractivity contribution in [2.24, 2.45) is 0 Å². The Hall–Kier alpha value is -2.64. The number of carbonyl (C=O) groups is 1. The molecular weight excluding hydrogens is 388 g/mol. The molecule has 1 aliphatic rings. The molecule has 0 saturated heterocycles. The summed E-state index contributed by atoms with van der Waals surface area (Å²) in [6.45, 7) is 2.09. The zero-order valence-electron chi connectivity index (χ0n) is 16.5. The highest BCUT2D eigenvalue weighted by atomic mass is 35.5. The molecule has 3 rings (SSSR count). The van der Waals surface area contributed by atoms with Crippen molar-refractivity contribution in [1.82, 2.24) is 0 Å². The molecule has 0 N–H and O–H groups in total. The van der Waals surface area contributed by atoms with Gasteiger partial charge in [0.15, 0.2) is 11.7 Å². The van der Waals surface area contributed by atoms with Gasteiger partial charge in [-0.2, -0.15) is 0 Å². The van der Waals surface area contributed by atoms with Crippen LogP contribution in [0.15, 0.2) is 48.5 Å². The first-order valence-corrected chi connectivity index (χ1v) is 10.2. The average Bonchev–Trinajstić information content (AvgIpc) is 2.75. The molecule has 1 unspecified atom stereocenters. The van der Waals surface area contributed by atoms with E-state index in [2.05, 4.69) is 5.92 Å². The molecule has 29 heavy (non-hydrogen) atoms. The van der Waals surface area contributed by atoms with Crippen molar-refractivity contribution >= 4 is 17.6 Å². The fourth-order valence-corrected chi connectivity index (χ4v) is 3.41. The van der Waals surface area contributed by atoms with E-state index in [9.17, 15) is 4.79 Å². The predicted octanol–water partition coefficient (Wildman–Crippen LogP) is 5.57. The summed E-state index contributed by atoms with van der Waals surface area (Å²) in [5.74, 6) is 3.59. The van der Waals surface area contributed by atoms with E-state index in [4.69, 9.17) is 32.2 Å². The Balaban J connectivity index is 1.51. The van der Waals surface area contributed by atoms with E-state index in [-0.39, 0.29) is 0 Å². The smallest absolute Gasteiger partial charge is 0.348 e. The molecule has 1 fully saturated rings. The second-order valence-corrected chi connectivity index (χ2v) is 7.70. The molecule has 1 aliphatic carbocycles. The van der Waals surface area contributed by atoms with Gasteiger partial charge in [-0.25, -0.2) is 4.79 Å². The molecular formula is C24H25ClO4. The van der Waals surface area contributed by atoms with Gasteiger partial charge in [0.05, 0.1) is 0 Å². The predicted molar refractivity (Wildman–Crippen MR) is 113 cm³/mol. The molecule has 0 heterocycles. The van der Waals surface area contributed by atoms with Crippen molar-refractivity contribution < 1.29 is 19.0 Å². The average molecular weight is 413 g/mol. The van der Waals surface area contributed by atoms with Crippen molar-refractivity contribution in [3.63, 3.8) is 0 Å². The standard InChI is InChI=1S/C24H25ClO4/c1-3-24(15-5-4-6-16-24)29-23(26)18(2)28-22-11-7-19(8-12-22)17-27-21-13-9-20(25)10-14-21/h1,7-14,18H,4-6,15-17H2,2H3. The van der Waals surface area contributed by atoms with Crippen LogP contribution >= 0.6 is 11.6 Å². The lowest BCUT2D eigenvalue weighted by Crippen LogP contribution is -2.40. The van der Waals surface area contributed by atoms with Gasteiger partial charge in [0, 0.05) is 5.02 Å². The van der Waals surface area contributed by atoms with Gasteiger partial charge in [0.25, 0.3) is 0 Å². The third-order valence-electron chi connectivity index (χ3n) is 5.01. The maximum Gasteiger partial charge on any atom is 0.348 e. The molecule has 2 aromatic rings. The van der Waals surface area contributed by atoms with E-state index in [0.717, 1.165) is 30.6 Å². The van der Waals surface area contributed by atoms with Crippen LogP contribution < -0.4 is 9.47 Å². The maximum absolute atomic E-state index is 12.5. The normalized spacial score (nSPS) is 16.3. The highest BCUT2D eigenvalue weighted by Crippen LogP contribution is 2.31. The summed E-state index contributed by atoms with van der Waals surface area (Å²) < 4.78 is 17.1. The first kappa shape index (κ1) is 21.1. The monoisotopic (exact) mass is 412 g/mol. The van der Waals surface area contributed by atoms with E-state index in [0.29, 0.717) is 30.2 Å². The molecule has 0 aliphatic heterocycles. The molecule has 5 heteroatoms. The number of carbonyl (C=O) groups excluding carboxylic acids is 1. The number of hydrogen-bond acceptors (Lipinski definition) is 4. The summed E-state index contributed by atoms with van der Waals surface area (Å²) in [6.07, 6.45) is 9.42. The zero-order chi connectivity index (χ0) is 20.7. The van der Waals surface area contributed by atoms with Gasteiger partial charge < -0.3 is 14.2 Å². The van der Waals surface area contributed by atoms with Crippen LogP contribution in [0.2, 0.25) is 5.02 Å². The third-order valence-corrected chi connectivity index (χ3v) is 5.26. The highest BCUT2D eigenvalue weighted by molar-refractivity contribution is 6.30. The van der Waals surface area contributed by atoms with Crippen LogP contribution in [0.25, 0.3) is 0 Å². The fourth-order valence-electron chi connectivity index (χ4n) is 3.29. The Kier molecular flexibility index (Phi) is 7.06. The van der Waals surface area contributed by atoms with Gasteiger partial charge in [-0.1, -0.05) is 36.1 Å².